The third-order valence-electron chi connectivity index (χ3n) is 4.19. The average Bonchev–Trinajstić information content (AvgIpc) is 2.96. The monoisotopic (exact) mass is 279 g/mol. The molecule has 3 nitrogen and oxygen atoms in total. The smallest absolute Gasteiger partial charge is 0.124 e. The minimum atomic E-state index is -0.303. The van der Waals surface area contributed by atoms with Crippen LogP contribution in [0.25, 0.3) is 0 Å². The van der Waals surface area contributed by atoms with Gasteiger partial charge in [-0.3, -0.25) is 4.90 Å². The van der Waals surface area contributed by atoms with Gasteiger partial charge in [0, 0.05) is 29.9 Å². The normalized spacial score (nSPS) is 26.4. The Morgan fingerprint density at radius 2 is 2.21 bits per heavy atom. The van der Waals surface area contributed by atoms with Crippen LogP contribution in [0.2, 0.25) is 0 Å². The fourth-order valence-corrected chi connectivity index (χ4v) is 3.47. The Labute approximate surface area is 118 Å². The second-order valence-electron chi connectivity index (χ2n) is 5.34. The summed E-state index contributed by atoms with van der Waals surface area (Å²) in [5, 5.41) is 3.51. The number of benzene rings is 1. The highest BCUT2D eigenvalue weighted by atomic mass is 32.1. The molecule has 3 N–H and O–H groups in total. The Morgan fingerprint density at radius 3 is 3.00 bits per heavy atom. The van der Waals surface area contributed by atoms with Crippen LogP contribution in [0, 0.1) is 5.82 Å². The van der Waals surface area contributed by atoms with Gasteiger partial charge in [0.1, 0.15) is 10.8 Å². The summed E-state index contributed by atoms with van der Waals surface area (Å²) >= 11 is 5.00. The van der Waals surface area contributed by atoms with E-state index in [0.29, 0.717) is 17.6 Å². The second kappa shape index (κ2) is 5.06. The zero-order chi connectivity index (χ0) is 13.4. The molecule has 102 valence electrons. The van der Waals surface area contributed by atoms with Crippen LogP contribution in [0.5, 0.6) is 0 Å². The molecular weight excluding hydrogens is 261 g/mol. The number of rotatable bonds is 3. The van der Waals surface area contributed by atoms with Gasteiger partial charge in [-0.2, -0.15) is 0 Å². The molecule has 1 aromatic carbocycles. The van der Waals surface area contributed by atoms with E-state index >= 15 is 0 Å². The predicted molar refractivity (Wildman–Crippen MR) is 78.9 cm³/mol. The van der Waals surface area contributed by atoms with Crippen LogP contribution >= 0.6 is 12.2 Å². The zero-order valence-electron chi connectivity index (χ0n) is 10.7. The number of nitrogens with zero attached hydrogens (tertiary/aromatic N) is 1. The van der Waals surface area contributed by atoms with E-state index in [1.54, 1.807) is 6.07 Å². The van der Waals surface area contributed by atoms with Gasteiger partial charge < -0.3 is 11.1 Å². The third kappa shape index (κ3) is 2.44. The molecule has 3 rings (SSSR count). The lowest BCUT2D eigenvalue weighted by Crippen LogP contribution is -2.34. The largest absolute Gasteiger partial charge is 0.389 e. The van der Waals surface area contributed by atoms with Crippen LogP contribution in [0.15, 0.2) is 18.2 Å². The van der Waals surface area contributed by atoms with Crippen molar-refractivity contribution in [3.8, 4) is 0 Å². The number of hydrogen-bond donors (Lipinski definition) is 2. The zero-order valence-corrected chi connectivity index (χ0v) is 11.5. The first-order valence-electron chi connectivity index (χ1n) is 6.75. The molecule has 5 heteroatoms. The summed E-state index contributed by atoms with van der Waals surface area (Å²) in [5.41, 5.74) is 7.14. The van der Waals surface area contributed by atoms with E-state index in [1.165, 1.54) is 31.5 Å². The standard InChI is InChI=1S/C14H18FN3S/c15-9-3-4-11(10(8-9)14(16)19)17-12-5-7-18-6-1-2-13(12)18/h3-4,8,12-13,17H,1-2,5-7H2,(H2,16,19). The van der Waals surface area contributed by atoms with E-state index < -0.39 is 0 Å². The van der Waals surface area contributed by atoms with E-state index in [-0.39, 0.29) is 10.8 Å². The molecule has 2 heterocycles. The van der Waals surface area contributed by atoms with Crippen LogP contribution in [-0.2, 0) is 0 Å². The molecule has 2 aliphatic heterocycles. The number of hydrogen-bond acceptors (Lipinski definition) is 3. The molecule has 0 radical (unpaired) electrons. The molecule has 1 aromatic rings. The molecule has 0 bridgehead atoms. The van der Waals surface area contributed by atoms with Crippen molar-refractivity contribution in [2.24, 2.45) is 5.73 Å². The van der Waals surface area contributed by atoms with E-state index in [1.807, 2.05) is 0 Å². The lowest BCUT2D eigenvalue weighted by atomic mass is 10.0. The maximum absolute atomic E-state index is 13.3. The van der Waals surface area contributed by atoms with Gasteiger partial charge in [0.2, 0.25) is 0 Å². The molecule has 2 atom stereocenters. The molecule has 0 spiro atoms. The van der Waals surface area contributed by atoms with Crippen LogP contribution < -0.4 is 11.1 Å². The van der Waals surface area contributed by atoms with Gasteiger partial charge >= 0.3 is 0 Å². The SMILES string of the molecule is NC(=S)c1cc(F)ccc1NC1CCN2CCCC12. The molecule has 0 saturated carbocycles. The average molecular weight is 279 g/mol. The van der Waals surface area contributed by atoms with Gasteiger partial charge in [-0.15, -0.1) is 0 Å². The highest BCUT2D eigenvalue weighted by molar-refractivity contribution is 7.80. The van der Waals surface area contributed by atoms with Crippen molar-refractivity contribution >= 4 is 22.9 Å². The van der Waals surface area contributed by atoms with Crippen molar-refractivity contribution in [2.45, 2.75) is 31.3 Å². The number of fused-ring (bicyclic) bond motifs is 1. The highest BCUT2D eigenvalue weighted by Gasteiger charge is 2.37. The van der Waals surface area contributed by atoms with Gasteiger partial charge in [-0.25, -0.2) is 4.39 Å². The van der Waals surface area contributed by atoms with E-state index in [2.05, 4.69) is 10.2 Å². The molecule has 0 amide bonds. The summed E-state index contributed by atoms with van der Waals surface area (Å²) in [5.74, 6) is -0.303. The minimum Gasteiger partial charge on any atom is -0.389 e. The fourth-order valence-electron chi connectivity index (χ4n) is 3.30. The maximum atomic E-state index is 13.3. The Kier molecular flexibility index (Phi) is 3.41. The molecule has 2 fully saturated rings. The van der Waals surface area contributed by atoms with Gasteiger partial charge in [-0.05, 0) is 44.0 Å². The van der Waals surface area contributed by atoms with Gasteiger partial charge in [0.05, 0.1) is 0 Å². The Hall–Kier alpha value is -1.20. The number of nitrogens with two attached hydrogens (primary N) is 1. The lowest BCUT2D eigenvalue weighted by Gasteiger charge is -2.23. The summed E-state index contributed by atoms with van der Waals surface area (Å²) < 4.78 is 13.3. The van der Waals surface area contributed by atoms with Crippen LogP contribution in [0.3, 0.4) is 0 Å². The molecule has 2 aliphatic rings. The number of anilines is 1. The molecule has 2 unspecified atom stereocenters. The Morgan fingerprint density at radius 1 is 1.37 bits per heavy atom. The number of nitrogens with one attached hydrogen (secondary N) is 1. The summed E-state index contributed by atoms with van der Waals surface area (Å²) in [6.45, 7) is 2.35. The number of thiocarbonyl (C=S) groups is 1. The first kappa shape index (κ1) is 12.8. The van der Waals surface area contributed by atoms with Gasteiger partial charge in [-0.1, -0.05) is 12.2 Å². The summed E-state index contributed by atoms with van der Waals surface area (Å²) in [6, 6.07) is 5.61. The van der Waals surface area contributed by atoms with Crippen LogP contribution in [0.1, 0.15) is 24.8 Å². The number of halogens is 1. The lowest BCUT2D eigenvalue weighted by molar-refractivity contribution is 0.318. The van der Waals surface area contributed by atoms with Crippen molar-refractivity contribution in [3.05, 3.63) is 29.6 Å². The molecule has 0 aliphatic carbocycles. The van der Waals surface area contributed by atoms with Crippen molar-refractivity contribution in [1.29, 1.82) is 0 Å². The molecule has 19 heavy (non-hydrogen) atoms. The maximum Gasteiger partial charge on any atom is 0.124 e. The summed E-state index contributed by atoms with van der Waals surface area (Å²) in [6.07, 6.45) is 3.63. The van der Waals surface area contributed by atoms with Crippen molar-refractivity contribution in [1.82, 2.24) is 4.90 Å². The van der Waals surface area contributed by atoms with Crippen molar-refractivity contribution in [3.63, 3.8) is 0 Å². The van der Waals surface area contributed by atoms with Crippen molar-refractivity contribution < 1.29 is 4.39 Å². The van der Waals surface area contributed by atoms with E-state index in [0.717, 1.165) is 18.7 Å². The van der Waals surface area contributed by atoms with E-state index in [4.69, 9.17) is 18.0 Å². The second-order valence-corrected chi connectivity index (χ2v) is 5.78. The first-order valence-corrected chi connectivity index (χ1v) is 7.16. The quantitative estimate of drug-likeness (QED) is 0.832. The van der Waals surface area contributed by atoms with Crippen LogP contribution in [0.4, 0.5) is 10.1 Å². The van der Waals surface area contributed by atoms with Gasteiger partial charge in [0.15, 0.2) is 0 Å². The van der Waals surface area contributed by atoms with Gasteiger partial charge in [0.25, 0.3) is 0 Å². The van der Waals surface area contributed by atoms with E-state index in [9.17, 15) is 4.39 Å². The van der Waals surface area contributed by atoms with Crippen molar-refractivity contribution in [2.75, 3.05) is 18.4 Å². The molecule has 2 saturated heterocycles. The fraction of sp³-hybridized carbons (Fsp3) is 0.500. The topological polar surface area (TPSA) is 41.3 Å². The Bertz CT molecular complexity index is 505. The van der Waals surface area contributed by atoms with Crippen LogP contribution in [-0.4, -0.2) is 35.1 Å². The highest BCUT2D eigenvalue weighted by Crippen LogP contribution is 2.31. The first-order chi connectivity index (χ1) is 9.15. The minimum absolute atomic E-state index is 0.239. The third-order valence-corrected chi connectivity index (χ3v) is 4.41. The molecule has 0 aromatic heterocycles. The summed E-state index contributed by atoms with van der Waals surface area (Å²) in [7, 11) is 0. The molecular formula is C14H18FN3S. The predicted octanol–water partition coefficient (Wildman–Crippen LogP) is 2.11. The summed E-state index contributed by atoms with van der Waals surface area (Å²) in [4.78, 5) is 2.77. The Balaban J connectivity index is 1.81.